The zero-order chi connectivity index (χ0) is 11.7. The first-order chi connectivity index (χ1) is 6.84. The van der Waals surface area contributed by atoms with Crippen LogP contribution in [0.2, 0.25) is 19.6 Å². The fourth-order valence-corrected chi connectivity index (χ4v) is 3.30. The van der Waals surface area contributed by atoms with E-state index in [0.717, 1.165) is 6.42 Å². The van der Waals surface area contributed by atoms with Crippen molar-refractivity contribution < 1.29 is 14.0 Å². The first-order valence-electron chi connectivity index (χ1n) is 5.26. The van der Waals surface area contributed by atoms with Crippen molar-refractivity contribution in [2.75, 3.05) is 7.11 Å². The van der Waals surface area contributed by atoms with Gasteiger partial charge in [0.15, 0.2) is 8.32 Å². The zero-order valence-corrected chi connectivity index (χ0v) is 11.2. The molecule has 1 aliphatic carbocycles. The number of hydrogen-bond acceptors (Lipinski definition) is 3. The Labute approximate surface area is 92.6 Å². The highest BCUT2D eigenvalue weighted by Crippen LogP contribution is 2.50. The van der Waals surface area contributed by atoms with Crippen molar-refractivity contribution in [3.8, 4) is 0 Å². The largest absolute Gasteiger partial charge is 0.469 e. The van der Waals surface area contributed by atoms with Gasteiger partial charge >= 0.3 is 5.97 Å². The molecule has 0 bridgehead atoms. The van der Waals surface area contributed by atoms with E-state index in [1.807, 2.05) is 19.1 Å². The highest BCUT2D eigenvalue weighted by molar-refractivity contribution is 6.69. The van der Waals surface area contributed by atoms with Crippen LogP contribution in [0.25, 0.3) is 0 Å². The number of hydrogen-bond donors (Lipinski definition) is 0. The van der Waals surface area contributed by atoms with E-state index < -0.39 is 8.32 Å². The van der Waals surface area contributed by atoms with Gasteiger partial charge in [0.05, 0.1) is 18.6 Å². The second-order valence-corrected chi connectivity index (χ2v) is 9.38. The maximum Gasteiger partial charge on any atom is 0.312 e. The standard InChI is InChI=1S/C11H20O3Si/c1-6-7-11(14-15(3,4)5)8-9(11)10(12)13-2/h6-7,9H,8H2,1-5H3/b7-6+. The number of esters is 1. The Bertz CT molecular complexity index is 280. The number of ether oxygens (including phenoxy) is 1. The number of rotatable bonds is 4. The summed E-state index contributed by atoms with van der Waals surface area (Å²) in [6.07, 6.45) is 4.70. The van der Waals surface area contributed by atoms with E-state index in [4.69, 9.17) is 9.16 Å². The van der Waals surface area contributed by atoms with Crippen LogP contribution in [0.3, 0.4) is 0 Å². The van der Waals surface area contributed by atoms with Crippen LogP contribution in [-0.2, 0) is 14.0 Å². The summed E-state index contributed by atoms with van der Waals surface area (Å²) in [7, 11) is -0.201. The van der Waals surface area contributed by atoms with Gasteiger partial charge in [-0.1, -0.05) is 12.2 Å². The Morgan fingerprint density at radius 3 is 2.47 bits per heavy atom. The summed E-state index contributed by atoms with van der Waals surface area (Å²) in [5, 5.41) is 0. The molecule has 3 nitrogen and oxygen atoms in total. The SMILES string of the molecule is C/C=C/C1(O[Si](C)(C)C)CC1C(=O)OC. The highest BCUT2D eigenvalue weighted by atomic mass is 28.4. The van der Waals surface area contributed by atoms with Crippen molar-refractivity contribution in [3.63, 3.8) is 0 Å². The average Bonchev–Trinajstić information content (AvgIpc) is 2.75. The lowest BCUT2D eigenvalue weighted by Crippen LogP contribution is -2.34. The molecule has 1 fully saturated rings. The molecule has 2 atom stereocenters. The fourth-order valence-electron chi connectivity index (χ4n) is 1.87. The van der Waals surface area contributed by atoms with E-state index in [-0.39, 0.29) is 17.5 Å². The summed E-state index contributed by atoms with van der Waals surface area (Å²) in [5.74, 6) is -0.267. The van der Waals surface area contributed by atoms with Gasteiger partial charge in [0, 0.05) is 0 Å². The summed E-state index contributed by atoms with van der Waals surface area (Å²) in [6, 6.07) is 0. The molecule has 1 rings (SSSR count). The average molecular weight is 228 g/mol. The van der Waals surface area contributed by atoms with Gasteiger partial charge in [0.25, 0.3) is 0 Å². The number of carbonyl (C=O) groups excluding carboxylic acids is 1. The Morgan fingerprint density at radius 1 is 1.47 bits per heavy atom. The monoisotopic (exact) mass is 228 g/mol. The van der Waals surface area contributed by atoms with Gasteiger partial charge < -0.3 is 9.16 Å². The molecule has 0 heterocycles. The van der Waals surface area contributed by atoms with Gasteiger partial charge in [-0.15, -0.1) is 0 Å². The van der Waals surface area contributed by atoms with Gasteiger partial charge in [0.1, 0.15) is 0 Å². The molecule has 0 aromatic heterocycles. The lowest BCUT2D eigenvalue weighted by Gasteiger charge is -2.24. The predicted molar refractivity (Wildman–Crippen MR) is 62.1 cm³/mol. The molecule has 15 heavy (non-hydrogen) atoms. The molecule has 86 valence electrons. The summed E-state index contributed by atoms with van der Waals surface area (Å²) >= 11 is 0. The summed E-state index contributed by atoms with van der Waals surface area (Å²) in [4.78, 5) is 11.4. The van der Waals surface area contributed by atoms with Gasteiger partial charge in [-0.2, -0.15) is 0 Å². The third-order valence-corrected chi connectivity index (χ3v) is 3.38. The lowest BCUT2D eigenvalue weighted by molar-refractivity contribution is -0.143. The van der Waals surface area contributed by atoms with Crippen LogP contribution < -0.4 is 0 Å². The molecule has 2 unspecified atom stereocenters. The first kappa shape index (κ1) is 12.5. The summed E-state index contributed by atoms with van der Waals surface area (Å²) in [6.45, 7) is 8.34. The summed E-state index contributed by atoms with van der Waals surface area (Å²) in [5.41, 5.74) is -0.369. The Morgan fingerprint density at radius 2 is 2.07 bits per heavy atom. The quantitative estimate of drug-likeness (QED) is 0.421. The zero-order valence-electron chi connectivity index (χ0n) is 10.2. The maximum atomic E-state index is 11.4. The van der Waals surface area contributed by atoms with Crippen molar-refractivity contribution in [1.82, 2.24) is 0 Å². The van der Waals surface area contributed by atoms with Crippen molar-refractivity contribution in [3.05, 3.63) is 12.2 Å². The molecule has 0 saturated heterocycles. The predicted octanol–water partition coefficient (Wildman–Crippen LogP) is 2.35. The fraction of sp³-hybridized carbons (Fsp3) is 0.727. The van der Waals surface area contributed by atoms with E-state index in [2.05, 4.69) is 19.6 Å². The molecule has 0 N–H and O–H groups in total. The van der Waals surface area contributed by atoms with Gasteiger partial charge in [-0.25, -0.2) is 0 Å². The Kier molecular flexibility index (Phi) is 3.40. The minimum atomic E-state index is -1.63. The molecular weight excluding hydrogens is 208 g/mol. The molecule has 0 aliphatic heterocycles. The number of carbonyl (C=O) groups is 1. The van der Waals surface area contributed by atoms with E-state index in [1.165, 1.54) is 7.11 Å². The minimum absolute atomic E-state index is 0.106. The third-order valence-electron chi connectivity index (χ3n) is 2.38. The van der Waals surface area contributed by atoms with Gasteiger partial charge in [0.2, 0.25) is 0 Å². The molecule has 1 saturated carbocycles. The van der Waals surface area contributed by atoms with Crippen molar-refractivity contribution >= 4 is 14.3 Å². The van der Waals surface area contributed by atoms with Crippen LogP contribution in [0.4, 0.5) is 0 Å². The minimum Gasteiger partial charge on any atom is -0.469 e. The number of methoxy groups -OCH3 is 1. The molecule has 0 radical (unpaired) electrons. The highest BCUT2D eigenvalue weighted by Gasteiger charge is 2.60. The molecule has 0 aromatic carbocycles. The number of allylic oxidation sites excluding steroid dienone is 1. The first-order valence-corrected chi connectivity index (χ1v) is 8.67. The van der Waals surface area contributed by atoms with Crippen LogP contribution in [0, 0.1) is 5.92 Å². The second-order valence-electron chi connectivity index (χ2n) is 4.95. The van der Waals surface area contributed by atoms with Crippen LogP contribution in [0.5, 0.6) is 0 Å². The molecule has 0 aromatic rings. The smallest absolute Gasteiger partial charge is 0.312 e. The van der Waals surface area contributed by atoms with E-state index >= 15 is 0 Å². The second kappa shape index (κ2) is 4.10. The van der Waals surface area contributed by atoms with Crippen molar-refractivity contribution in [1.29, 1.82) is 0 Å². The topological polar surface area (TPSA) is 35.5 Å². The normalized spacial score (nSPS) is 30.6. The van der Waals surface area contributed by atoms with Crippen LogP contribution in [0.15, 0.2) is 12.2 Å². The van der Waals surface area contributed by atoms with Gasteiger partial charge in [-0.3, -0.25) is 4.79 Å². The van der Waals surface area contributed by atoms with Crippen molar-refractivity contribution in [2.45, 2.75) is 38.6 Å². The third kappa shape index (κ3) is 2.92. The Balaban J connectivity index is 2.74. The van der Waals surface area contributed by atoms with Crippen LogP contribution >= 0.6 is 0 Å². The van der Waals surface area contributed by atoms with Crippen molar-refractivity contribution in [2.24, 2.45) is 5.92 Å². The summed E-state index contributed by atoms with van der Waals surface area (Å²) < 4.78 is 10.8. The molecule has 1 aliphatic rings. The van der Waals surface area contributed by atoms with Crippen LogP contribution in [0.1, 0.15) is 13.3 Å². The van der Waals surface area contributed by atoms with Gasteiger partial charge in [-0.05, 0) is 33.0 Å². The lowest BCUT2D eigenvalue weighted by atomic mass is 10.2. The van der Waals surface area contributed by atoms with E-state index in [1.54, 1.807) is 0 Å². The molecule has 0 amide bonds. The van der Waals surface area contributed by atoms with E-state index in [9.17, 15) is 4.79 Å². The molecule has 0 spiro atoms. The van der Waals surface area contributed by atoms with Crippen LogP contribution in [-0.4, -0.2) is 27.0 Å². The van der Waals surface area contributed by atoms with E-state index in [0.29, 0.717) is 0 Å². The maximum absolute atomic E-state index is 11.4. The molecule has 4 heteroatoms. The Hall–Kier alpha value is -0.613. The molecular formula is C11H20O3Si.